The molecule has 0 spiro atoms. The fourth-order valence-corrected chi connectivity index (χ4v) is 2.81. The number of hydrogen-bond acceptors (Lipinski definition) is 5. The van der Waals surface area contributed by atoms with Crippen LogP contribution in [0.5, 0.6) is 0 Å². The number of carbonyl (C=O) groups excluding carboxylic acids is 1. The average molecular weight is 286 g/mol. The Hall–Kier alpha value is -2.24. The standard InChI is InChI=1S/C15H18N4O2/c1-10-7-14(21-18-10)13-8-16-9-17-15(13)12-3-5-19(6-4-12)11(2)20/h7-9,12H,3-6H2,1-2H3. The molecule has 0 radical (unpaired) electrons. The number of amides is 1. The molecule has 1 aliphatic heterocycles. The van der Waals surface area contributed by atoms with Crippen molar-refractivity contribution in [1.82, 2.24) is 20.0 Å². The highest BCUT2D eigenvalue weighted by atomic mass is 16.5. The van der Waals surface area contributed by atoms with Crippen LogP contribution in [0.25, 0.3) is 11.3 Å². The zero-order chi connectivity index (χ0) is 14.8. The second kappa shape index (κ2) is 5.63. The SMILES string of the molecule is CC(=O)N1CCC(c2ncncc2-c2cc(C)no2)CC1. The monoisotopic (exact) mass is 286 g/mol. The minimum absolute atomic E-state index is 0.141. The average Bonchev–Trinajstić information content (AvgIpc) is 2.94. The molecule has 21 heavy (non-hydrogen) atoms. The summed E-state index contributed by atoms with van der Waals surface area (Å²) in [6.45, 7) is 5.06. The number of aryl methyl sites for hydroxylation is 1. The van der Waals surface area contributed by atoms with Crippen LogP contribution in [0.2, 0.25) is 0 Å². The van der Waals surface area contributed by atoms with E-state index in [0.717, 1.165) is 42.9 Å². The molecular formula is C15H18N4O2. The molecular weight excluding hydrogens is 268 g/mol. The van der Waals surface area contributed by atoms with Crippen molar-refractivity contribution in [2.75, 3.05) is 13.1 Å². The van der Waals surface area contributed by atoms with Crippen molar-refractivity contribution in [2.24, 2.45) is 0 Å². The number of likely N-dealkylation sites (tertiary alicyclic amines) is 1. The Bertz CT molecular complexity index is 645. The molecule has 6 nitrogen and oxygen atoms in total. The lowest BCUT2D eigenvalue weighted by molar-refractivity contribution is -0.129. The van der Waals surface area contributed by atoms with E-state index in [1.807, 2.05) is 17.9 Å². The van der Waals surface area contributed by atoms with Gasteiger partial charge in [0, 0.05) is 38.2 Å². The molecule has 0 aromatic carbocycles. The van der Waals surface area contributed by atoms with Crippen molar-refractivity contribution in [1.29, 1.82) is 0 Å². The van der Waals surface area contributed by atoms with E-state index in [1.54, 1.807) is 19.4 Å². The summed E-state index contributed by atoms with van der Waals surface area (Å²) < 4.78 is 5.35. The third-order valence-corrected chi connectivity index (χ3v) is 3.96. The largest absolute Gasteiger partial charge is 0.356 e. The summed E-state index contributed by atoms with van der Waals surface area (Å²) in [6, 6.07) is 1.90. The van der Waals surface area contributed by atoms with Crippen molar-refractivity contribution in [3.63, 3.8) is 0 Å². The third-order valence-electron chi connectivity index (χ3n) is 3.96. The highest BCUT2D eigenvalue weighted by Crippen LogP contribution is 2.33. The molecule has 2 aromatic heterocycles. The third kappa shape index (κ3) is 2.79. The molecule has 0 saturated carbocycles. The first-order valence-corrected chi connectivity index (χ1v) is 7.14. The topological polar surface area (TPSA) is 72.1 Å². The highest BCUT2D eigenvalue weighted by molar-refractivity contribution is 5.73. The number of nitrogens with zero attached hydrogens (tertiary/aromatic N) is 4. The quantitative estimate of drug-likeness (QED) is 0.846. The number of hydrogen-bond donors (Lipinski definition) is 0. The first kappa shape index (κ1) is 13.7. The Morgan fingerprint density at radius 2 is 2.14 bits per heavy atom. The van der Waals surface area contributed by atoms with E-state index in [-0.39, 0.29) is 5.91 Å². The highest BCUT2D eigenvalue weighted by Gasteiger charge is 2.26. The maximum absolute atomic E-state index is 11.4. The molecule has 0 aliphatic carbocycles. The summed E-state index contributed by atoms with van der Waals surface area (Å²) >= 11 is 0. The van der Waals surface area contributed by atoms with Gasteiger partial charge in [0.1, 0.15) is 6.33 Å². The molecule has 1 fully saturated rings. The van der Waals surface area contributed by atoms with E-state index >= 15 is 0 Å². The van der Waals surface area contributed by atoms with Crippen LogP contribution in [0.15, 0.2) is 23.1 Å². The zero-order valence-corrected chi connectivity index (χ0v) is 12.2. The van der Waals surface area contributed by atoms with Crippen LogP contribution >= 0.6 is 0 Å². The number of piperidine rings is 1. The molecule has 3 rings (SSSR count). The van der Waals surface area contributed by atoms with Crippen LogP contribution < -0.4 is 0 Å². The van der Waals surface area contributed by atoms with Crippen LogP contribution in [0, 0.1) is 6.92 Å². The minimum Gasteiger partial charge on any atom is -0.356 e. The minimum atomic E-state index is 0.141. The van der Waals surface area contributed by atoms with Crippen LogP contribution in [0.3, 0.4) is 0 Å². The van der Waals surface area contributed by atoms with Crippen LogP contribution in [0.4, 0.5) is 0 Å². The van der Waals surface area contributed by atoms with E-state index in [2.05, 4.69) is 15.1 Å². The van der Waals surface area contributed by atoms with E-state index in [9.17, 15) is 4.79 Å². The number of aromatic nitrogens is 3. The van der Waals surface area contributed by atoms with Gasteiger partial charge in [-0.2, -0.15) is 0 Å². The van der Waals surface area contributed by atoms with Crippen LogP contribution in [-0.2, 0) is 4.79 Å². The lowest BCUT2D eigenvalue weighted by atomic mass is 9.90. The molecule has 1 amide bonds. The second-order valence-corrected chi connectivity index (χ2v) is 5.43. The second-order valence-electron chi connectivity index (χ2n) is 5.43. The fourth-order valence-electron chi connectivity index (χ4n) is 2.81. The normalized spacial score (nSPS) is 16.2. The number of carbonyl (C=O) groups is 1. The molecule has 0 N–H and O–H groups in total. The summed E-state index contributed by atoms with van der Waals surface area (Å²) in [7, 11) is 0. The van der Waals surface area contributed by atoms with E-state index in [1.165, 1.54) is 0 Å². The zero-order valence-electron chi connectivity index (χ0n) is 12.2. The molecule has 2 aromatic rings. The summed E-state index contributed by atoms with van der Waals surface area (Å²) in [4.78, 5) is 21.9. The van der Waals surface area contributed by atoms with Gasteiger partial charge >= 0.3 is 0 Å². The summed E-state index contributed by atoms with van der Waals surface area (Å²) in [5.41, 5.74) is 2.73. The molecule has 110 valence electrons. The molecule has 0 unspecified atom stereocenters. The first-order chi connectivity index (χ1) is 10.1. The number of rotatable bonds is 2. The van der Waals surface area contributed by atoms with Crippen molar-refractivity contribution in [3.05, 3.63) is 30.0 Å². The first-order valence-electron chi connectivity index (χ1n) is 7.14. The van der Waals surface area contributed by atoms with Crippen molar-refractivity contribution >= 4 is 5.91 Å². The molecule has 1 aliphatic rings. The van der Waals surface area contributed by atoms with Crippen LogP contribution in [0.1, 0.15) is 37.1 Å². The van der Waals surface area contributed by atoms with E-state index in [4.69, 9.17) is 4.52 Å². The molecule has 6 heteroatoms. The molecule has 0 bridgehead atoms. The smallest absolute Gasteiger partial charge is 0.219 e. The molecule has 0 atom stereocenters. The Balaban J connectivity index is 1.85. The van der Waals surface area contributed by atoms with Gasteiger partial charge in [-0.1, -0.05) is 5.16 Å². The Morgan fingerprint density at radius 1 is 1.38 bits per heavy atom. The predicted octanol–water partition coefficient (Wildman–Crippen LogP) is 2.17. The predicted molar refractivity (Wildman–Crippen MR) is 76.5 cm³/mol. The maximum atomic E-state index is 11.4. The van der Waals surface area contributed by atoms with Gasteiger partial charge in [0.15, 0.2) is 5.76 Å². The maximum Gasteiger partial charge on any atom is 0.219 e. The lowest BCUT2D eigenvalue weighted by Crippen LogP contribution is -2.36. The van der Waals surface area contributed by atoms with Gasteiger partial charge in [0.25, 0.3) is 0 Å². The van der Waals surface area contributed by atoms with Gasteiger partial charge in [-0.15, -0.1) is 0 Å². The van der Waals surface area contributed by atoms with Gasteiger partial charge in [0.05, 0.1) is 17.0 Å². The van der Waals surface area contributed by atoms with Gasteiger partial charge in [-0.05, 0) is 19.8 Å². The van der Waals surface area contributed by atoms with Crippen molar-refractivity contribution in [3.8, 4) is 11.3 Å². The Kier molecular flexibility index (Phi) is 3.68. The molecule has 3 heterocycles. The van der Waals surface area contributed by atoms with Crippen LogP contribution in [-0.4, -0.2) is 39.0 Å². The Morgan fingerprint density at radius 3 is 2.76 bits per heavy atom. The van der Waals surface area contributed by atoms with E-state index in [0.29, 0.717) is 11.7 Å². The van der Waals surface area contributed by atoms with Gasteiger partial charge in [0.2, 0.25) is 5.91 Å². The van der Waals surface area contributed by atoms with E-state index < -0.39 is 0 Å². The van der Waals surface area contributed by atoms with Gasteiger partial charge in [-0.3, -0.25) is 4.79 Å². The van der Waals surface area contributed by atoms with Crippen molar-refractivity contribution < 1.29 is 9.32 Å². The summed E-state index contributed by atoms with van der Waals surface area (Å²) in [5.74, 6) is 1.17. The van der Waals surface area contributed by atoms with Gasteiger partial charge < -0.3 is 9.42 Å². The lowest BCUT2D eigenvalue weighted by Gasteiger charge is -2.31. The summed E-state index contributed by atoms with van der Waals surface area (Å²) in [5, 5.41) is 3.93. The summed E-state index contributed by atoms with van der Waals surface area (Å²) in [6.07, 6.45) is 5.17. The van der Waals surface area contributed by atoms with Crippen molar-refractivity contribution in [2.45, 2.75) is 32.6 Å². The fraction of sp³-hybridized carbons (Fsp3) is 0.467. The van der Waals surface area contributed by atoms with Gasteiger partial charge in [-0.25, -0.2) is 9.97 Å². The molecule has 1 saturated heterocycles. The Labute approximate surface area is 123 Å².